The average molecular weight is 569 g/mol. The molecule has 0 aliphatic heterocycles. The zero-order chi connectivity index (χ0) is 30.6. The van der Waals surface area contributed by atoms with Crippen molar-refractivity contribution in [2.24, 2.45) is 0 Å². The van der Waals surface area contributed by atoms with Crippen LogP contribution in [-0.4, -0.2) is 45.7 Å². The Bertz CT molecular complexity index is 1460. The number of benzene rings is 2. The molecule has 0 unspecified atom stereocenters. The van der Waals surface area contributed by atoms with Crippen LogP contribution < -0.4 is 16.0 Å². The minimum atomic E-state index is -1.44. The topological polar surface area (TPSA) is 130 Å². The molecule has 0 aliphatic rings. The summed E-state index contributed by atoms with van der Waals surface area (Å²) in [6.45, 7) is 12.4. The quantitative estimate of drug-likeness (QED) is 0.264. The molecule has 2 aromatic carbocycles. The number of ether oxygens (including phenoxy) is 1. The Hall–Kier alpha value is -4.38. The molecule has 218 valence electrons. The number of amides is 3. The van der Waals surface area contributed by atoms with E-state index in [0.717, 1.165) is 28.8 Å². The maximum Gasteiger partial charge on any atom is 0.328 e. The Morgan fingerprint density at radius 1 is 0.927 bits per heavy atom. The number of pyridine rings is 1. The summed E-state index contributed by atoms with van der Waals surface area (Å²) in [6.07, 6.45) is 0.328. The fourth-order valence-corrected chi connectivity index (χ4v) is 4.43. The second-order valence-corrected chi connectivity index (χ2v) is 10.8. The van der Waals surface area contributed by atoms with Crippen molar-refractivity contribution in [1.82, 2.24) is 10.3 Å². The third-order valence-corrected chi connectivity index (χ3v) is 6.08. The number of anilines is 2. The maximum atomic E-state index is 13.9. The number of hydrogen-bond donors (Lipinski definition) is 4. The first-order chi connectivity index (χ1) is 19.1. The first-order valence-electron chi connectivity index (χ1n) is 12.9. The number of carboxylic acids is 1. The lowest BCUT2D eigenvalue weighted by molar-refractivity contribution is -0.146. The molecule has 1 heterocycles. The SMILES string of the molecule is Cc1cc(C)c(NC(=O)Nc2cc(-c3ccc(F)c(F)c3)cnc2C(=O)N[C@H](C(=O)O)[C@@H](C)OC(C)(C)C)c(C)c1. The number of urea groups is 1. The number of carbonyl (C=O) groups is 3. The van der Waals surface area contributed by atoms with Crippen LogP contribution >= 0.6 is 0 Å². The molecule has 9 nitrogen and oxygen atoms in total. The molecule has 0 spiro atoms. The van der Waals surface area contributed by atoms with Gasteiger partial charge in [0.05, 0.1) is 17.4 Å². The number of aliphatic carboxylic acids is 1. The number of nitrogens with one attached hydrogen (secondary N) is 3. The van der Waals surface area contributed by atoms with Crippen LogP contribution in [-0.2, 0) is 9.53 Å². The summed E-state index contributed by atoms with van der Waals surface area (Å²) >= 11 is 0. The molecule has 3 aromatic rings. The van der Waals surface area contributed by atoms with Crippen LogP contribution in [0.25, 0.3) is 11.1 Å². The second-order valence-electron chi connectivity index (χ2n) is 10.8. The first-order valence-corrected chi connectivity index (χ1v) is 12.9. The lowest BCUT2D eigenvalue weighted by Crippen LogP contribution is -2.50. The Morgan fingerprint density at radius 2 is 1.56 bits per heavy atom. The third kappa shape index (κ3) is 8.07. The second kappa shape index (κ2) is 12.4. The number of nitrogens with zero attached hydrogens (tertiary/aromatic N) is 1. The fourth-order valence-electron chi connectivity index (χ4n) is 4.43. The molecule has 11 heteroatoms. The van der Waals surface area contributed by atoms with Gasteiger partial charge in [0.15, 0.2) is 23.4 Å². The van der Waals surface area contributed by atoms with Gasteiger partial charge in [-0.1, -0.05) is 23.8 Å². The summed E-state index contributed by atoms with van der Waals surface area (Å²) in [5, 5.41) is 17.5. The molecule has 0 saturated heterocycles. The predicted octanol–water partition coefficient (Wildman–Crippen LogP) is 5.98. The van der Waals surface area contributed by atoms with E-state index >= 15 is 0 Å². The Kier molecular flexibility index (Phi) is 9.44. The summed E-state index contributed by atoms with van der Waals surface area (Å²) in [4.78, 5) is 42.5. The van der Waals surface area contributed by atoms with Gasteiger partial charge in [-0.05, 0) is 83.4 Å². The van der Waals surface area contributed by atoms with Crippen molar-refractivity contribution >= 4 is 29.3 Å². The van der Waals surface area contributed by atoms with E-state index < -0.39 is 47.3 Å². The third-order valence-electron chi connectivity index (χ3n) is 6.08. The number of aryl methyl sites for hydroxylation is 3. The van der Waals surface area contributed by atoms with Crippen molar-refractivity contribution in [3.05, 3.63) is 76.6 Å². The summed E-state index contributed by atoms with van der Waals surface area (Å²) in [7, 11) is 0. The van der Waals surface area contributed by atoms with E-state index in [1.165, 1.54) is 25.3 Å². The van der Waals surface area contributed by atoms with Crippen molar-refractivity contribution in [2.75, 3.05) is 10.6 Å². The normalized spacial score (nSPS) is 12.8. The van der Waals surface area contributed by atoms with Crippen LogP contribution in [0.4, 0.5) is 25.0 Å². The van der Waals surface area contributed by atoms with Gasteiger partial charge in [-0.2, -0.15) is 0 Å². The number of rotatable bonds is 8. The van der Waals surface area contributed by atoms with Gasteiger partial charge < -0.3 is 25.8 Å². The molecule has 3 rings (SSSR count). The number of carbonyl (C=O) groups excluding carboxylic acids is 2. The number of hydrogen-bond acceptors (Lipinski definition) is 5. The monoisotopic (exact) mass is 568 g/mol. The van der Waals surface area contributed by atoms with Crippen molar-refractivity contribution in [1.29, 1.82) is 0 Å². The minimum Gasteiger partial charge on any atom is -0.480 e. The average Bonchev–Trinajstić information content (AvgIpc) is 2.85. The number of halogens is 2. The fraction of sp³-hybridized carbons (Fsp3) is 0.333. The lowest BCUT2D eigenvalue weighted by Gasteiger charge is -2.29. The summed E-state index contributed by atoms with van der Waals surface area (Å²) in [5.74, 6) is -4.34. The smallest absolute Gasteiger partial charge is 0.328 e. The summed E-state index contributed by atoms with van der Waals surface area (Å²) < 4.78 is 33.2. The van der Waals surface area contributed by atoms with E-state index in [2.05, 4.69) is 20.9 Å². The number of aromatic nitrogens is 1. The molecule has 0 saturated carbocycles. The largest absolute Gasteiger partial charge is 0.480 e. The van der Waals surface area contributed by atoms with E-state index in [-0.39, 0.29) is 22.5 Å². The van der Waals surface area contributed by atoms with Crippen LogP contribution in [0.2, 0.25) is 0 Å². The van der Waals surface area contributed by atoms with Gasteiger partial charge in [-0.25, -0.2) is 23.4 Å². The van der Waals surface area contributed by atoms with Crippen LogP contribution in [0.3, 0.4) is 0 Å². The highest BCUT2D eigenvalue weighted by atomic mass is 19.2. The predicted molar refractivity (Wildman–Crippen MR) is 152 cm³/mol. The zero-order valence-electron chi connectivity index (χ0n) is 24.0. The van der Waals surface area contributed by atoms with Gasteiger partial charge in [0, 0.05) is 17.4 Å². The molecule has 4 N–H and O–H groups in total. The van der Waals surface area contributed by atoms with E-state index in [9.17, 15) is 28.3 Å². The van der Waals surface area contributed by atoms with Crippen LogP contribution in [0.1, 0.15) is 54.9 Å². The first kappa shape index (κ1) is 31.2. The Labute approximate surface area is 237 Å². The van der Waals surface area contributed by atoms with Gasteiger partial charge in [0.1, 0.15) is 0 Å². The summed E-state index contributed by atoms with van der Waals surface area (Å²) in [5.41, 5.74) is 2.69. The molecule has 0 aliphatic carbocycles. The van der Waals surface area contributed by atoms with Crippen molar-refractivity contribution in [2.45, 2.75) is 66.2 Å². The van der Waals surface area contributed by atoms with Crippen LogP contribution in [0, 0.1) is 32.4 Å². The Morgan fingerprint density at radius 3 is 2.12 bits per heavy atom. The molecular weight excluding hydrogens is 534 g/mol. The van der Waals surface area contributed by atoms with Crippen LogP contribution in [0.15, 0.2) is 42.6 Å². The van der Waals surface area contributed by atoms with E-state index in [4.69, 9.17) is 4.74 Å². The molecule has 0 bridgehead atoms. The summed E-state index contributed by atoms with van der Waals surface area (Å²) in [6, 6.07) is 6.27. The highest BCUT2D eigenvalue weighted by Crippen LogP contribution is 2.27. The number of carboxylic acid groups (broad SMARTS) is 1. The molecule has 2 atom stereocenters. The molecule has 1 aromatic heterocycles. The van der Waals surface area contributed by atoms with Crippen LogP contribution in [0.5, 0.6) is 0 Å². The van der Waals surface area contributed by atoms with Gasteiger partial charge in [-0.15, -0.1) is 0 Å². The zero-order valence-corrected chi connectivity index (χ0v) is 24.0. The Balaban J connectivity index is 1.99. The van der Waals surface area contributed by atoms with Gasteiger partial charge in [0.2, 0.25) is 0 Å². The highest BCUT2D eigenvalue weighted by molar-refractivity contribution is 6.07. The van der Waals surface area contributed by atoms with Gasteiger partial charge >= 0.3 is 12.0 Å². The molecule has 0 fully saturated rings. The van der Waals surface area contributed by atoms with E-state index in [1.807, 2.05) is 32.9 Å². The molecule has 0 radical (unpaired) electrons. The van der Waals surface area contributed by atoms with E-state index in [0.29, 0.717) is 5.69 Å². The highest BCUT2D eigenvalue weighted by Gasteiger charge is 2.32. The maximum absolute atomic E-state index is 13.9. The van der Waals surface area contributed by atoms with Crippen molar-refractivity contribution < 1.29 is 33.0 Å². The standard InChI is InChI=1S/C30H34F2N4O5/c1-15-10-16(2)24(17(3)11-15)36-29(40)34-23-13-20(19-8-9-21(31)22(32)12-19)14-33-26(23)27(37)35-25(28(38)39)18(4)41-30(5,6)7/h8-14,18,25H,1-7H3,(H,35,37)(H,38,39)(H2,34,36,40)/t18-,25+/m1/s1. The van der Waals surface area contributed by atoms with Gasteiger partial charge in [0.25, 0.3) is 5.91 Å². The van der Waals surface area contributed by atoms with Crippen molar-refractivity contribution in [3.8, 4) is 11.1 Å². The molecule has 41 heavy (non-hydrogen) atoms. The van der Waals surface area contributed by atoms with E-state index in [1.54, 1.807) is 20.8 Å². The molecular formula is C30H34F2N4O5. The van der Waals surface area contributed by atoms with Crippen molar-refractivity contribution in [3.63, 3.8) is 0 Å². The molecule has 3 amide bonds. The lowest BCUT2D eigenvalue weighted by atomic mass is 10.0. The van der Waals surface area contributed by atoms with Gasteiger partial charge in [-0.3, -0.25) is 4.79 Å². The minimum absolute atomic E-state index is 0.0850.